The van der Waals surface area contributed by atoms with Gasteiger partial charge in [-0.05, 0) is 22.6 Å². The zero-order valence-electron chi connectivity index (χ0n) is 9.33. The van der Waals surface area contributed by atoms with Gasteiger partial charge in [0, 0.05) is 24.1 Å². The van der Waals surface area contributed by atoms with E-state index in [2.05, 4.69) is 15.4 Å². The first kappa shape index (κ1) is 12.2. The lowest BCUT2D eigenvalue weighted by molar-refractivity contribution is 0.610. The van der Waals surface area contributed by atoms with E-state index in [-0.39, 0.29) is 0 Å². The maximum Gasteiger partial charge on any atom is 0.372 e. The summed E-state index contributed by atoms with van der Waals surface area (Å²) < 4.78 is 23.7. The fourth-order valence-electron chi connectivity index (χ4n) is 1.16. The van der Waals surface area contributed by atoms with Crippen LogP contribution in [0.1, 0.15) is 0 Å². The highest BCUT2D eigenvalue weighted by Gasteiger charge is 2.07. The lowest BCUT2D eigenvalue weighted by atomic mass is 10.4. The Morgan fingerprint density at radius 3 is 2.72 bits per heavy atom. The first-order valence-electron chi connectivity index (χ1n) is 4.80. The minimum Gasteiger partial charge on any atom is -0.262 e. The van der Waals surface area contributed by atoms with Crippen molar-refractivity contribution in [2.45, 2.75) is 0 Å². The Labute approximate surface area is 102 Å². The van der Waals surface area contributed by atoms with Crippen LogP contribution >= 0.6 is 0 Å². The molecule has 0 aliphatic carbocycles. The molecule has 2 heterocycles. The zero-order valence-corrected chi connectivity index (χ0v) is 10.1. The van der Waals surface area contributed by atoms with Crippen LogP contribution < -0.4 is 5.69 Å². The Bertz CT molecular complexity index is 729. The summed E-state index contributed by atoms with van der Waals surface area (Å²) in [6.45, 7) is 0. The highest BCUT2D eigenvalue weighted by molar-refractivity contribution is 7.93. The van der Waals surface area contributed by atoms with Gasteiger partial charge in [0.15, 0.2) is 9.84 Å². The van der Waals surface area contributed by atoms with E-state index in [1.54, 1.807) is 18.3 Å². The molecule has 0 unspecified atom stereocenters. The second kappa shape index (κ2) is 4.53. The number of rotatable bonds is 3. The maximum absolute atomic E-state index is 11.8. The number of hydrogen-bond acceptors (Lipinski definition) is 6. The Morgan fingerprint density at radius 2 is 2.11 bits per heavy atom. The van der Waals surface area contributed by atoms with Crippen molar-refractivity contribution in [3.8, 4) is 5.69 Å². The molecule has 0 spiro atoms. The Morgan fingerprint density at radius 1 is 1.33 bits per heavy atom. The Balaban J connectivity index is 2.42. The zero-order chi connectivity index (χ0) is 13.2. The molecule has 0 aromatic carbocycles. The van der Waals surface area contributed by atoms with Gasteiger partial charge in [-0.15, -0.1) is 0 Å². The molecule has 2 aromatic rings. The summed E-state index contributed by atoms with van der Waals surface area (Å²) in [6.07, 6.45) is 5.06. The van der Waals surface area contributed by atoms with Gasteiger partial charge < -0.3 is 0 Å². The second-order valence-corrected chi connectivity index (χ2v) is 5.37. The van der Waals surface area contributed by atoms with Crippen LogP contribution in [-0.2, 0) is 9.84 Å². The van der Waals surface area contributed by atoms with E-state index in [9.17, 15) is 13.2 Å². The fraction of sp³-hybridized carbons (Fsp3) is 0.111. The van der Waals surface area contributed by atoms with Crippen molar-refractivity contribution in [1.82, 2.24) is 24.8 Å². The first-order valence-corrected chi connectivity index (χ1v) is 6.76. The molecule has 18 heavy (non-hydrogen) atoms. The third-order valence-electron chi connectivity index (χ3n) is 1.94. The van der Waals surface area contributed by atoms with E-state index in [1.807, 2.05) is 0 Å². The molecule has 0 saturated heterocycles. The lowest BCUT2D eigenvalue weighted by Crippen LogP contribution is -2.21. The molecule has 0 aliphatic heterocycles. The maximum atomic E-state index is 11.8. The average molecular weight is 267 g/mol. The minimum atomic E-state index is -3.32. The third-order valence-corrected chi connectivity index (χ3v) is 2.56. The molecular formula is C9H9N5O3S. The van der Waals surface area contributed by atoms with Crippen LogP contribution in [0.3, 0.4) is 0 Å². The molecule has 2 rings (SSSR count). The normalized spacial score (nSPS) is 12.1. The van der Waals surface area contributed by atoms with Crippen molar-refractivity contribution in [2.75, 3.05) is 6.26 Å². The molecule has 0 aliphatic rings. The van der Waals surface area contributed by atoms with E-state index in [1.165, 1.54) is 6.20 Å². The number of sulfone groups is 1. The molecule has 0 fully saturated rings. The smallest absolute Gasteiger partial charge is 0.262 e. The molecule has 2 aromatic heterocycles. The van der Waals surface area contributed by atoms with Crippen LogP contribution in [0.5, 0.6) is 0 Å². The summed E-state index contributed by atoms with van der Waals surface area (Å²) in [5.74, 6) is 0. The fourth-order valence-corrected chi connectivity index (χ4v) is 1.50. The van der Waals surface area contributed by atoms with Crippen LogP contribution in [0.15, 0.2) is 34.7 Å². The molecular weight excluding hydrogens is 258 g/mol. The quantitative estimate of drug-likeness (QED) is 0.728. The summed E-state index contributed by atoms with van der Waals surface area (Å²) >= 11 is 0. The summed E-state index contributed by atoms with van der Waals surface area (Å²) in [6, 6.07) is 3.28. The van der Waals surface area contributed by atoms with Crippen LogP contribution in [0.4, 0.5) is 0 Å². The summed E-state index contributed by atoms with van der Waals surface area (Å²) in [5.41, 5.74) is -0.135. The first-order chi connectivity index (χ1) is 8.47. The summed E-state index contributed by atoms with van der Waals surface area (Å²) in [7, 11) is -3.32. The van der Waals surface area contributed by atoms with Crippen LogP contribution in [-0.4, -0.2) is 39.4 Å². The van der Waals surface area contributed by atoms with Crippen LogP contribution in [0.2, 0.25) is 0 Å². The average Bonchev–Trinajstić information content (AvgIpc) is 2.68. The molecule has 0 saturated carbocycles. The van der Waals surface area contributed by atoms with E-state index >= 15 is 0 Å². The van der Waals surface area contributed by atoms with E-state index in [4.69, 9.17) is 0 Å². The number of nitrogens with zero attached hydrogens (tertiary/aromatic N) is 5. The topological polar surface area (TPSA) is 99.7 Å². The molecule has 8 nitrogen and oxygen atoms in total. The highest BCUT2D eigenvalue weighted by Crippen LogP contribution is 1.98. The Hall–Kier alpha value is -2.29. The second-order valence-electron chi connectivity index (χ2n) is 3.44. The molecule has 9 heteroatoms. The minimum absolute atomic E-state index is 0.446. The van der Waals surface area contributed by atoms with Gasteiger partial charge in [0.1, 0.15) is 0 Å². The SMILES string of the molecule is CS(=O)(=O)/C=C/n1nnn(-c2cccnc2)c1=O. The molecule has 0 radical (unpaired) electrons. The van der Waals surface area contributed by atoms with Crippen molar-refractivity contribution >= 4 is 16.0 Å². The number of hydrogen-bond donors (Lipinski definition) is 0. The van der Waals surface area contributed by atoms with Gasteiger partial charge in [0.25, 0.3) is 0 Å². The largest absolute Gasteiger partial charge is 0.372 e. The van der Waals surface area contributed by atoms with Gasteiger partial charge in [-0.3, -0.25) is 4.98 Å². The van der Waals surface area contributed by atoms with Crippen molar-refractivity contribution in [1.29, 1.82) is 0 Å². The molecule has 94 valence electrons. The third kappa shape index (κ3) is 2.69. The lowest BCUT2D eigenvalue weighted by Gasteiger charge is -1.94. The van der Waals surface area contributed by atoms with E-state index in [0.29, 0.717) is 5.69 Å². The number of pyridine rings is 1. The van der Waals surface area contributed by atoms with E-state index in [0.717, 1.165) is 27.2 Å². The van der Waals surface area contributed by atoms with Gasteiger partial charge in [-0.1, -0.05) is 0 Å². The number of aromatic nitrogens is 5. The highest BCUT2D eigenvalue weighted by atomic mass is 32.2. The summed E-state index contributed by atoms with van der Waals surface area (Å²) in [5, 5.41) is 8.02. The molecule has 0 amide bonds. The van der Waals surface area contributed by atoms with Crippen molar-refractivity contribution < 1.29 is 8.42 Å². The summed E-state index contributed by atoms with van der Waals surface area (Å²) in [4.78, 5) is 15.7. The predicted octanol–water partition coefficient (Wildman–Crippen LogP) is -0.703. The number of tetrazole rings is 1. The molecule has 0 bridgehead atoms. The Kier molecular flexibility index (Phi) is 3.06. The van der Waals surface area contributed by atoms with Gasteiger partial charge in [0.2, 0.25) is 0 Å². The van der Waals surface area contributed by atoms with E-state index < -0.39 is 15.5 Å². The van der Waals surface area contributed by atoms with Gasteiger partial charge in [0.05, 0.1) is 11.9 Å². The standard InChI is InChI=1S/C9H9N5O3S/c1-18(16,17)6-5-13-9(15)14(12-11-13)8-3-2-4-10-7-8/h2-7H,1H3/b6-5+. The van der Waals surface area contributed by atoms with Gasteiger partial charge in [-0.2, -0.15) is 9.36 Å². The molecule has 0 N–H and O–H groups in total. The molecule has 0 atom stereocenters. The van der Waals surface area contributed by atoms with Crippen LogP contribution in [0.25, 0.3) is 11.9 Å². The van der Waals surface area contributed by atoms with Crippen molar-refractivity contribution in [3.05, 3.63) is 40.4 Å². The van der Waals surface area contributed by atoms with Crippen LogP contribution in [0, 0.1) is 0 Å². The monoisotopic (exact) mass is 267 g/mol. The van der Waals surface area contributed by atoms with Crippen molar-refractivity contribution in [2.24, 2.45) is 0 Å². The van der Waals surface area contributed by atoms with Gasteiger partial charge >= 0.3 is 5.69 Å². The predicted molar refractivity (Wildman–Crippen MR) is 63.6 cm³/mol. The van der Waals surface area contributed by atoms with Crippen molar-refractivity contribution in [3.63, 3.8) is 0 Å². The van der Waals surface area contributed by atoms with Gasteiger partial charge in [-0.25, -0.2) is 13.2 Å².